The second-order valence-corrected chi connectivity index (χ2v) is 8.54. The molecule has 0 bridgehead atoms. The van der Waals surface area contributed by atoms with Gasteiger partial charge in [0, 0.05) is 18.5 Å². The minimum absolute atomic E-state index is 0.0582. The Bertz CT molecular complexity index is 619. The van der Waals surface area contributed by atoms with Gasteiger partial charge in [-0.2, -0.15) is 11.8 Å². The molecule has 1 atom stereocenters. The van der Waals surface area contributed by atoms with Crippen LogP contribution in [0.2, 0.25) is 0 Å². The van der Waals surface area contributed by atoms with E-state index >= 15 is 0 Å². The van der Waals surface area contributed by atoms with Gasteiger partial charge in [-0.25, -0.2) is 4.79 Å². The number of carbonyl (C=O) groups is 2. The molecule has 0 aromatic carbocycles. The number of hydrogen-bond acceptors (Lipinski definition) is 5. The van der Waals surface area contributed by atoms with Crippen molar-refractivity contribution in [3.63, 3.8) is 0 Å². The zero-order chi connectivity index (χ0) is 17.9. The van der Waals surface area contributed by atoms with Crippen LogP contribution in [0.3, 0.4) is 0 Å². The van der Waals surface area contributed by atoms with E-state index in [0.29, 0.717) is 17.5 Å². The Labute approximate surface area is 153 Å². The smallest absolute Gasteiger partial charge is 0.318 e. The van der Waals surface area contributed by atoms with Gasteiger partial charge < -0.3 is 10.6 Å². The van der Waals surface area contributed by atoms with Crippen LogP contribution < -0.4 is 10.6 Å². The van der Waals surface area contributed by atoms with E-state index in [1.165, 1.54) is 4.90 Å². The molecule has 3 amide bonds. The minimum Gasteiger partial charge on any atom is -0.318 e. The first-order chi connectivity index (χ1) is 12.1. The van der Waals surface area contributed by atoms with Crippen molar-refractivity contribution < 1.29 is 9.59 Å². The molecule has 7 heteroatoms. The molecule has 6 nitrogen and oxygen atoms in total. The second-order valence-electron chi connectivity index (χ2n) is 6.85. The molecule has 0 saturated carbocycles. The van der Waals surface area contributed by atoms with Crippen molar-refractivity contribution in [2.45, 2.75) is 37.5 Å². The number of aromatic nitrogens is 1. The molecule has 3 rings (SSSR count). The quantitative estimate of drug-likeness (QED) is 0.757. The number of hydrogen-bond donors (Lipinski definition) is 2. The lowest BCUT2D eigenvalue weighted by Gasteiger charge is -2.37. The molecule has 2 aliphatic rings. The average Bonchev–Trinajstić information content (AvgIpc) is 2.88. The summed E-state index contributed by atoms with van der Waals surface area (Å²) in [5.41, 5.74) is -0.373. The van der Waals surface area contributed by atoms with Crippen molar-refractivity contribution in [3.05, 3.63) is 30.1 Å². The number of carbonyl (C=O) groups excluding carboxylic acids is 2. The molecule has 136 valence electrons. The molecular formula is C18H26N4O2S. The van der Waals surface area contributed by atoms with E-state index in [-0.39, 0.29) is 17.9 Å². The molecule has 1 aromatic heterocycles. The SMILES string of the molecule is CC(C)SCCN1C(=O)NC(c2ccccn2)(C2CCNCC2)C1=O. The summed E-state index contributed by atoms with van der Waals surface area (Å²) in [6.45, 7) is 6.37. The largest absolute Gasteiger partial charge is 0.325 e. The van der Waals surface area contributed by atoms with Crippen LogP contribution in [-0.4, -0.2) is 52.5 Å². The predicted octanol–water partition coefficient (Wildman–Crippen LogP) is 1.97. The van der Waals surface area contributed by atoms with E-state index in [1.54, 1.807) is 18.0 Å². The van der Waals surface area contributed by atoms with E-state index in [2.05, 4.69) is 29.5 Å². The third kappa shape index (κ3) is 3.53. The van der Waals surface area contributed by atoms with Crippen LogP contribution in [0, 0.1) is 5.92 Å². The summed E-state index contributed by atoms with van der Waals surface area (Å²) in [7, 11) is 0. The second kappa shape index (κ2) is 7.74. The molecule has 25 heavy (non-hydrogen) atoms. The first-order valence-corrected chi connectivity index (χ1v) is 9.98. The van der Waals surface area contributed by atoms with Crippen LogP contribution in [0.1, 0.15) is 32.4 Å². The molecule has 2 saturated heterocycles. The highest BCUT2D eigenvalue weighted by Crippen LogP contribution is 2.39. The highest BCUT2D eigenvalue weighted by Gasteiger charge is 2.57. The summed E-state index contributed by atoms with van der Waals surface area (Å²) in [5, 5.41) is 6.84. The highest BCUT2D eigenvalue weighted by atomic mass is 32.2. The lowest BCUT2D eigenvalue weighted by atomic mass is 9.75. The van der Waals surface area contributed by atoms with E-state index in [0.717, 1.165) is 31.7 Å². The van der Waals surface area contributed by atoms with Gasteiger partial charge in [0.1, 0.15) is 0 Å². The Kier molecular flexibility index (Phi) is 5.64. The maximum atomic E-state index is 13.4. The number of nitrogens with one attached hydrogen (secondary N) is 2. The van der Waals surface area contributed by atoms with Crippen molar-refractivity contribution in [3.8, 4) is 0 Å². The standard InChI is InChI=1S/C18H26N4O2S/c1-13(2)25-12-11-22-16(23)18(21-17(22)24,14-6-9-19-10-7-14)15-5-3-4-8-20-15/h3-5,8,13-14,19H,6-7,9-12H2,1-2H3,(H,21,24). The van der Waals surface area contributed by atoms with Crippen molar-refractivity contribution in [2.24, 2.45) is 5.92 Å². The van der Waals surface area contributed by atoms with Crippen LogP contribution in [-0.2, 0) is 10.3 Å². The monoisotopic (exact) mass is 362 g/mol. The van der Waals surface area contributed by atoms with E-state index in [4.69, 9.17) is 0 Å². The molecule has 0 radical (unpaired) electrons. The van der Waals surface area contributed by atoms with Gasteiger partial charge in [0.25, 0.3) is 5.91 Å². The van der Waals surface area contributed by atoms with Crippen LogP contribution in [0.4, 0.5) is 4.79 Å². The first kappa shape index (κ1) is 18.2. The fraction of sp³-hybridized carbons (Fsp3) is 0.611. The molecule has 0 aliphatic carbocycles. The molecule has 1 unspecified atom stereocenters. The van der Waals surface area contributed by atoms with E-state index in [1.807, 2.05) is 18.2 Å². The van der Waals surface area contributed by atoms with E-state index < -0.39 is 5.54 Å². The first-order valence-electron chi connectivity index (χ1n) is 8.93. The molecule has 2 fully saturated rings. The zero-order valence-corrected chi connectivity index (χ0v) is 15.6. The Morgan fingerprint density at radius 3 is 2.72 bits per heavy atom. The van der Waals surface area contributed by atoms with Crippen LogP contribution in [0.5, 0.6) is 0 Å². The Morgan fingerprint density at radius 2 is 2.08 bits per heavy atom. The van der Waals surface area contributed by atoms with Gasteiger partial charge in [-0.3, -0.25) is 14.7 Å². The van der Waals surface area contributed by atoms with Crippen molar-refractivity contribution in [1.29, 1.82) is 0 Å². The average molecular weight is 362 g/mol. The third-order valence-electron chi connectivity index (χ3n) is 4.92. The maximum Gasteiger partial charge on any atom is 0.325 e. The summed E-state index contributed by atoms with van der Waals surface area (Å²) in [6.07, 6.45) is 3.38. The number of urea groups is 1. The van der Waals surface area contributed by atoms with Crippen molar-refractivity contribution in [2.75, 3.05) is 25.4 Å². The number of amides is 3. The van der Waals surface area contributed by atoms with Gasteiger partial charge in [0.05, 0.1) is 5.69 Å². The van der Waals surface area contributed by atoms with Gasteiger partial charge >= 0.3 is 6.03 Å². The van der Waals surface area contributed by atoms with Crippen LogP contribution in [0.15, 0.2) is 24.4 Å². The molecular weight excluding hydrogens is 336 g/mol. The van der Waals surface area contributed by atoms with Crippen LogP contribution in [0.25, 0.3) is 0 Å². The minimum atomic E-state index is -1.02. The van der Waals surface area contributed by atoms with E-state index in [9.17, 15) is 9.59 Å². The molecule has 1 aromatic rings. The molecule has 2 N–H and O–H groups in total. The Hall–Kier alpha value is -1.60. The van der Waals surface area contributed by atoms with Crippen molar-refractivity contribution >= 4 is 23.7 Å². The predicted molar refractivity (Wildman–Crippen MR) is 99.3 cm³/mol. The third-order valence-corrected chi connectivity index (χ3v) is 6.00. The zero-order valence-electron chi connectivity index (χ0n) is 14.8. The van der Waals surface area contributed by atoms with Gasteiger partial charge in [0.15, 0.2) is 5.54 Å². The normalized spacial score (nSPS) is 24.8. The van der Waals surface area contributed by atoms with Crippen LogP contribution >= 0.6 is 11.8 Å². The molecule has 0 spiro atoms. The molecule has 3 heterocycles. The number of imide groups is 1. The van der Waals surface area contributed by atoms with Gasteiger partial charge in [-0.05, 0) is 49.2 Å². The number of piperidine rings is 1. The number of thioether (sulfide) groups is 1. The number of pyridine rings is 1. The number of rotatable bonds is 6. The lowest BCUT2D eigenvalue weighted by molar-refractivity contribution is -0.134. The fourth-order valence-electron chi connectivity index (χ4n) is 3.69. The Morgan fingerprint density at radius 1 is 1.32 bits per heavy atom. The number of nitrogens with zero attached hydrogens (tertiary/aromatic N) is 2. The summed E-state index contributed by atoms with van der Waals surface area (Å²) < 4.78 is 0. The van der Waals surface area contributed by atoms with Gasteiger partial charge in [0.2, 0.25) is 0 Å². The van der Waals surface area contributed by atoms with Gasteiger partial charge in [-0.15, -0.1) is 0 Å². The summed E-state index contributed by atoms with van der Waals surface area (Å²) in [6, 6.07) is 5.27. The summed E-state index contributed by atoms with van der Waals surface area (Å²) in [4.78, 5) is 31.8. The highest BCUT2D eigenvalue weighted by molar-refractivity contribution is 7.99. The summed E-state index contributed by atoms with van der Waals surface area (Å²) >= 11 is 1.75. The Balaban J connectivity index is 1.90. The molecule has 2 aliphatic heterocycles. The summed E-state index contributed by atoms with van der Waals surface area (Å²) in [5.74, 6) is 0.664. The fourth-order valence-corrected chi connectivity index (χ4v) is 4.45. The topological polar surface area (TPSA) is 74.3 Å². The van der Waals surface area contributed by atoms with Gasteiger partial charge in [-0.1, -0.05) is 19.9 Å². The van der Waals surface area contributed by atoms with Crippen molar-refractivity contribution in [1.82, 2.24) is 20.5 Å². The lowest BCUT2D eigenvalue weighted by Crippen LogP contribution is -2.53. The maximum absolute atomic E-state index is 13.4.